The van der Waals surface area contributed by atoms with Gasteiger partial charge in [-0.2, -0.15) is 0 Å². The summed E-state index contributed by atoms with van der Waals surface area (Å²) in [7, 11) is 2.24. The van der Waals surface area contributed by atoms with Gasteiger partial charge < -0.3 is 10.6 Å². The van der Waals surface area contributed by atoms with E-state index in [4.69, 9.17) is 5.73 Å². The SMILES string of the molecule is CCCN(C)CC1(CN)CCCC(C)C1. The van der Waals surface area contributed by atoms with Crippen LogP contribution < -0.4 is 5.73 Å². The topological polar surface area (TPSA) is 29.3 Å². The van der Waals surface area contributed by atoms with Gasteiger partial charge in [0.1, 0.15) is 0 Å². The number of nitrogens with two attached hydrogens (primary N) is 1. The standard InChI is InChI=1S/C13H28N2/c1-4-8-15(3)11-13(10-14)7-5-6-12(2)9-13/h12H,4-11,14H2,1-3H3. The monoisotopic (exact) mass is 212 g/mol. The van der Waals surface area contributed by atoms with Gasteiger partial charge in [-0.3, -0.25) is 0 Å². The quantitative estimate of drug-likeness (QED) is 0.758. The normalized spacial score (nSPS) is 32.2. The Hall–Kier alpha value is -0.0800. The molecule has 0 amide bonds. The fourth-order valence-corrected chi connectivity index (χ4v) is 3.20. The lowest BCUT2D eigenvalue weighted by atomic mass is 9.70. The van der Waals surface area contributed by atoms with Gasteiger partial charge in [0.05, 0.1) is 0 Å². The van der Waals surface area contributed by atoms with E-state index in [1.54, 1.807) is 0 Å². The van der Waals surface area contributed by atoms with E-state index in [2.05, 4.69) is 25.8 Å². The molecule has 2 atom stereocenters. The lowest BCUT2D eigenvalue weighted by molar-refractivity contribution is 0.101. The van der Waals surface area contributed by atoms with E-state index in [9.17, 15) is 0 Å². The number of rotatable bonds is 5. The summed E-state index contributed by atoms with van der Waals surface area (Å²) in [5.74, 6) is 0.873. The summed E-state index contributed by atoms with van der Waals surface area (Å²) in [5.41, 5.74) is 6.44. The van der Waals surface area contributed by atoms with Crippen LogP contribution in [-0.4, -0.2) is 31.6 Å². The van der Waals surface area contributed by atoms with Crippen molar-refractivity contribution in [1.29, 1.82) is 0 Å². The van der Waals surface area contributed by atoms with Crippen LogP contribution in [0.25, 0.3) is 0 Å². The fourth-order valence-electron chi connectivity index (χ4n) is 3.20. The molecular weight excluding hydrogens is 184 g/mol. The van der Waals surface area contributed by atoms with Crippen molar-refractivity contribution in [3.63, 3.8) is 0 Å². The molecule has 1 fully saturated rings. The number of hydrogen-bond acceptors (Lipinski definition) is 2. The van der Waals surface area contributed by atoms with Gasteiger partial charge in [-0.15, -0.1) is 0 Å². The molecule has 1 aliphatic rings. The molecule has 90 valence electrons. The lowest BCUT2D eigenvalue weighted by Gasteiger charge is -2.41. The van der Waals surface area contributed by atoms with Crippen LogP contribution in [0.2, 0.25) is 0 Å². The van der Waals surface area contributed by atoms with Crippen molar-refractivity contribution in [3.05, 3.63) is 0 Å². The van der Waals surface area contributed by atoms with Crippen LogP contribution in [0.4, 0.5) is 0 Å². The average Bonchev–Trinajstić information content (AvgIpc) is 2.18. The Bertz CT molecular complexity index is 181. The van der Waals surface area contributed by atoms with E-state index >= 15 is 0 Å². The van der Waals surface area contributed by atoms with Crippen LogP contribution >= 0.6 is 0 Å². The summed E-state index contributed by atoms with van der Waals surface area (Å²) in [5, 5.41) is 0. The average molecular weight is 212 g/mol. The molecule has 0 bridgehead atoms. The van der Waals surface area contributed by atoms with Crippen molar-refractivity contribution in [3.8, 4) is 0 Å². The summed E-state index contributed by atoms with van der Waals surface area (Å²) < 4.78 is 0. The summed E-state index contributed by atoms with van der Waals surface area (Å²) in [6, 6.07) is 0. The molecule has 2 N–H and O–H groups in total. The summed E-state index contributed by atoms with van der Waals surface area (Å²) in [6.45, 7) is 7.89. The predicted octanol–water partition coefficient (Wildman–Crippen LogP) is 2.48. The second kappa shape index (κ2) is 5.86. The van der Waals surface area contributed by atoms with E-state index in [-0.39, 0.29) is 0 Å². The third kappa shape index (κ3) is 3.76. The van der Waals surface area contributed by atoms with E-state index < -0.39 is 0 Å². The minimum atomic E-state index is 0.418. The molecule has 1 rings (SSSR count). The maximum atomic E-state index is 6.02. The number of nitrogens with zero attached hydrogens (tertiary/aromatic N) is 1. The van der Waals surface area contributed by atoms with Gasteiger partial charge in [0, 0.05) is 6.54 Å². The van der Waals surface area contributed by atoms with E-state index in [1.807, 2.05) is 0 Å². The van der Waals surface area contributed by atoms with Gasteiger partial charge in [-0.05, 0) is 50.7 Å². The minimum absolute atomic E-state index is 0.418. The smallest absolute Gasteiger partial charge is 0.00471 e. The minimum Gasteiger partial charge on any atom is -0.330 e. The van der Waals surface area contributed by atoms with Crippen molar-refractivity contribution in [1.82, 2.24) is 4.90 Å². The molecule has 1 saturated carbocycles. The second-order valence-corrected chi connectivity index (χ2v) is 5.64. The molecule has 0 aromatic carbocycles. The van der Waals surface area contributed by atoms with Crippen molar-refractivity contribution in [2.75, 3.05) is 26.7 Å². The maximum Gasteiger partial charge on any atom is 0.00471 e. The first-order valence-corrected chi connectivity index (χ1v) is 6.50. The van der Waals surface area contributed by atoms with E-state index in [1.165, 1.54) is 45.2 Å². The third-order valence-corrected chi connectivity index (χ3v) is 3.83. The van der Waals surface area contributed by atoms with Crippen molar-refractivity contribution >= 4 is 0 Å². The summed E-state index contributed by atoms with van der Waals surface area (Å²) in [4.78, 5) is 2.46. The molecule has 0 heterocycles. The van der Waals surface area contributed by atoms with E-state index in [0.29, 0.717) is 5.41 Å². The maximum absolute atomic E-state index is 6.02. The molecule has 0 aromatic rings. The van der Waals surface area contributed by atoms with Crippen LogP contribution in [0.3, 0.4) is 0 Å². The predicted molar refractivity (Wildman–Crippen MR) is 66.9 cm³/mol. The Morgan fingerprint density at radius 3 is 2.73 bits per heavy atom. The van der Waals surface area contributed by atoms with Gasteiger partial charge >= 0.3 is 0 Å². The van der Waals surface area contributed by atoms with Gasteiger partial charge in [-0.25, -0.2) is 0 Å². The highest BCUT2D eigenvalue weighted by molar-refractivity contribution is 4.88. The molecule has 2 heteroatoms. The first-order valence-electron chi connectivity index (χ1n) is 6.50. The molecule has 0 saturated heterocycles. The Morgan fingerprint density at radius 2 is 2.20 bits per heavy atom. The second-order valence-electron chi connectivity index (χ2n) is 5.64. The Labute approximate surface area is 95.2 Å². The molecular formula is C13H28N2. The highest BCUT2D eigenvalue weighted by Crippen LogP contribution is 2.38. The van der Waals surface area contributed by atoms with Gasteiger partial charge in [-0.1, -0.05) is 26.7 Å². The molecule has 2 nitrogen and oxygen atoms in total. The highest BCUT2D eigenvalue weighted by atomic mass is 15.1. The van der Waals surface area contributed by atoms with Crippen LogP contribution in [0.1, 0.15) is 46.0 Å². The Morgan fingerprint density at radius 1 is 1.47 bits per heavy atom. The largest absolute Gasteiger partial charge is 0.330 e. The van der Waals surface area contributed by atoms with Crippen molar-refractivity contribution in [2.24, 2.45) is 17.1 Å². The van der Waals surface area contributed by atoms with Crippen LogP contribution in [0.5, 0.6) is 0 Å². The van der Waals surface area contributed by atoms with E-state index in [0.717, 1.165) is 12.5 Å². The molecule has 0 radical (unpaired) electrons. The van der Waals surface area contributed by atoms with Crippen molar-refractivity contribution < 1.29 is 0 Å². The van der Waals surface area contributed by atoms with Gasteiger partial charge in [0.2, 0.25) is 0 Å². The molecule has 0 spiro atoms. The summed E-state index contributed by atoms with van der Waals surface area (Å²) >= 11 is 0. The zero-order valence-corrected chi connectivity index (χ0v) is 10.8. The number of hydrogen-bond donors (Lipinski definition) is 1. The van der Waals surface area contributed by atoms with Crippen LogP contribution in [0.15, 0.2) is 0 Å². The first kappa shape index (κ1) is 13.0. The first-order chi connectivity index (χ1) is 7.12. The van der Waals surface area contributed by atoms with Gasteiger partial charge in [0.25, 0.3) is 0 Å². The highest BCUT2D eigenvalue weighted by Gasteiger charge is 2.34. The molecule has 2 unspecified atom stereocenters. The Kier molecular flexibility index (Phi) is 5.07. The zero-order chi connectivity index (χ0) is 11.3. The Balaban J connectivity index is 2.51. The fraction of sp³-hybridized carbons (Fsp3) is 1.00. The third-order valence-electron chi connectivity index (χ3n) is 3.83. The van der Waals surface area contributed by atoms with Gasteiger partial charge in [0.15, 0.2) is 0 Å². The summed E-state index contributed by atoms with van der Waals surface area (Å²) in [6.07, 6.45) is 6.68. The van der Waals surface area contributed by atoms with Crippen LogP contribution in [0, 0.1) is 11.3 Å². The van der Waals surface area contributed by atoms with Crippen LogP contribution in [-0.2, 0) is 0 Å². The lowest BCUT2D eigenvalue weighted by Crippen LogP contribution is -2.44. The zero-order valence-electron chi connectivity index (χ0n) is 10.8. The van der Waals surface area contributed by atoms with Crippen molar-refractivity contribution in [2.45, 2.75) is 46.0 Å². The molecule has 15 heavy (non-hydrogen) atoms. The molecule has 0 aliphatic heterocycles. The molecule has 0 aromatic heterocycles. The molecule has 1 aliphatic carbocycles.